The van der Waals surface area contributed by atoms with Crippen LogP contribution in [0.5, 0.6) is 0 Å². The zero-order valence-electron chi connectivity index (χ0n) is 6.86. The Bertz CT molecular complexity index is 271. The first kappa shape index (κ1) is 11.4. The zero-order chi connectivity index (χ0) is 10.3. The molecule has 4 N–H and O–H groups in total. The summed E-state index contributed by atoms with van der Waals surface area (Å²) >= 11 is 11.5. The molecule has 1 aliphatic carbocycles. The van der Waals surface area contributed by atoms with Gasteiger partial charge in [-0.15, -0.1) is 0 Å². The third-order valence-electron chi connectivity index (χ3n) is 2.12. The summed E-state index contributed by atoms with van der Waals surface area (Å²) in [6.07, 6.45) is 0.721. The molecule has 7 heteroatoms. The van der Waals surface area contributed by atoms with Crippen molar-refractivity contribution in [2.24, 2.45) is 11.3 Å². The highest BCUT2D eigenvalue weighted by molar-refractivity contribution is 9.25. The number of hydrogen-bond acceptors (Lipinski definition) is 3. The maximum atomic E-state index is 11.6. The van der Waals surface area contributed by atoms with E-state index < -0.39 is 5.41 Å². The van der Waals surface area contributed by atoms with Gasteiger partial charge < -0.3 is 10.7 Å². The van der Waals surface area contributed by atoms with Gasteiger partial charge in [0.1, 0.15) is 0 Å². The van der Waals surface area contributed by atoms with Gasteiger partial charge in [0.25, 0.3) is 0 Å². The van der Waals surface area contributed by atoms with Crippen LogP contribution in [0.25, 0.3) is 0 Å². The van der Waals surface area contributed by atoms with Gasteiger partial charge in [0.05, 0.1) is 8.65 Å². The molecule has 0 saturated heterocycles. The van der Waals surface area contributed by atoms with Gasteiger partial charge in [-0.1, -0.05) is 31.9 Å². The normalized spacial score (nSPS) is 29.2. The quantitative estimate of drug-likeness (QED) is 0.287. The lowest BCUT2D eigenvalue weighted by molar-refractivity contribution is -0.124. The third kappa shape index (κ3) is 2.03. The molecule has 13 heavy (non-hydrogen) atoms. The first-order valence-electron chi connectivity index (χ1n) is 3.53. The number of alkyl halides is 2. The van der Waals surface area contributed by atoms with E-state index in [4.69, 9.17) is 18.1 Å². The van der Waals surface area contributed by atoms with Crippen LogP contribution in [0.2, 0.25) is 0 Å². The molecule has 0 aliphatic heterocycles. The number of nitrogens with two attached hydrogens (primary N) is 1. The lowest BCUT2D eigenvalue weighted by Gasteiger charge is -2.12. The van der Waals surface area contributed by atoms with E-state index in [9.17, 15) is 4.79 Å². The maximum absolute atomic E-state index is 11.6. The Hall–Kier alpha value is 0.280. The largest absolute Gasteiger partial charge is 0.302 e. The Labute approximate surface area is 98.2 Å². The van der Waals surface area contributed by atoms with Crippen molar-refractivity contribution in [3.63, 3.8) is 0 Å². The third-order valence-corrected chi connectivity index (χ3v) is 4.65. The Kier molecular flexibility index (Phi) is 3.01. The fraction of sp³-hybridized carbons (Fsp3) is 0.667. The molecule has 0 heterocycles. The molecule has 4 nitrogen and oxygen atoms in total. The monoisotopic (exact) mass is 329 g/mol. The van der Waals surface area contributed by atoms with Crippen LogP contribution in [0.4, 0.5) is 0 Å². The molecule has 1 aliphatic rings. The number of carbonyl (C=O) groups excluding carboxylic acids is 1. The van der Waals surface area contributed by atoms with Gasteiger partial charge in [-0.3, -0.25) is 4.79 Å². The van der Waals surface area contributed by atoms with Crippen molar-refractivity contribution >= 4 is 55.1 Å². The van der Waals surface area contributed by atoms with Crippen molar-refractivity contribution in [3.05, 3.63) is 0 Å². The van der Waals surface area contributed by atoms with Gasteiger partial charge in [0.2, 0.25) is 5.91 Å². The number of nitrogens with one attached hydrogen (secondary N) is 2. The summed E-state index contributed by atoms with van der Waals surface area (Å²) in [6.45, 7) is 1.84. The summed E-state index contributed by atoms with van der Waals surface area (Å²) in [4.78, 5) is 11.6. The molecule has 0 radical (unpaired) electrons. The molecule has 0 bridgehead atoms. The highest BCUT2D eigenvalue weighted by Crippen LogP contribution is 2.66. The summed E-state index contributed by atoms with van der Waals surface area (Å²) in [5.74, 6) is 4.87. The van der Waals surface area contributed by atoms with Crippen molar-refractivity contribution < 1.29 is 4.79 Å². The minimum absolute atomic E-state index is 0.133. The van der Waals surface area contributed by atoms with Gasteiger partial charge in [-0.25, -0.2) is 5.84 Å². The van der Waals surface area contributed by atoms with E-state index in [1.807, 2.05) is 6.92 Å². The number of thiocarbonyl (C=S) groups is 1. The highest BCUT2D eigenvalue weighted by Gasteiger charge is 2.66. The average molecular weight is 331 g/mol. The Morgan fingerprint density at radius 1 is 1.62 bits per heavy atom. The summed E-state index contributed by atoms with van der Waals surface area (Å²) in [6, 6.07) is 0. The Morgan fingerprint density at radius 2 is 2.08 bits per heavy atom. The lowest BCUT2D eigenvalue weighted by Crippen LogP contribution is -2.45. The minimum Gasteiger partial charge on any atom is -0.302 e. The predicted octanol–water partition coefficient (Wildman–Crippen LogP) is 0.747. The summed E-state index contributed by atoms with van der Waals surface area (Å²) in [7, 11) is 0. The molecule has 0 aromatic carbocycles. The van der Waals surface area contributed by atoms with Crippen molar-refractivity contribution in [1.82, 2.24) is 10.7 Å². The second-order valence-electron chi connectivity index (χ2n) is 3.14. The molecule has 1 atom stereocenters. The molecular weight excluding hydrogens is 322 g/mol. The average Bonchev–Trinajstić information content (AvgIpc) is 2.52. The Balaban J connectivity index is 2.56. The van der Waals surface area contributed by atoms with E-state index >= 15 is 0 Å². The van der Waals surface area contributed by atoms with Crippen molar-refractivity contribution in [2.45, 2.75) is 16.6 Å². The number of hydrogen-bond donors (Lipinski definition) is 3. The second kappa shape index (κ2) is 3.45. The van der Waals surface area contributed by atoms with E-state index in [-0.39, 0.29) is 14.3 Å². The van der Waals surface area contributed by atoms with E-state index in [1.165, 1.54) is 0 Å². The second-order valence-corrected chi connectivity index (χ2v) is 7.32. The number of hydrazine groups is 1. The molecule has 1 saturated carbocycles. The first-order valence-corrected chi connectivity index (χ1v) is 5.53. The van der Waals surface area contributed by atoms with Gasteiger partial charge in [0, 0.05) is 0 Å². The van der Waals surface area contributed by atoms with E-state index in [1.54, 1.807) is 0 Å². The van der Waals surface area contributed by atoms with Gasteiger partial charge >= 0.3 is 0 Å². The summed E-state index contributed by atoms with van der Waals surface area (Å²) in [5, 5.41) is 2.62. The maximum Gasteiger partial charge on any atom is 0.234 e. The van der Waals surface area contributed by atoms with Crippen LogP contribution in [0, 0.1) is 5.41 Å². The zero-order valence-corrected chi connectivity index (χ0v) is 10.8. The predicted molar refractivity (Wildman–Crippen MR) is 61.4 cm³/mol. The van der Waals surface area contributed by atoms with Crippen LogP contribution in [-0.2, 0) is 4.79 Å². The molecule has 0 aromatic rings. The number of carbonyl (C=O) groups is 1. The number of amides is 1. The first-order chi connectivity index (χ1) is 5.83. The molecule has 1 amide bonds. The van der Waals surface area contributed by atoms with Crippen LogP contribution < -0.4 is 16.6 Å². The van der Waals surface area contributed by atoms with E-state index in [0.29, 0.717) is 0 Å². The van der Waals surface area contributed by atoms with Crippen molar-refractivity contribution in [3.8, 4) is 0 Å². The van der Waals surface area contributed by atoms with Crippen LogP contribution >= 0.6 is 44.1 Å². The molecule has 0 spiro atoms. The fourth-order valence-electron chi connectivity index (χ4n) is 0.923. The fourth-order valence-corrected chi connectivity index (χ4v) is 2.50. The Morgan fingerprint density at radius 3 is 2.38 bits per heavy atom. The molecule has 0 aromatic heterocycles. The SMILES string of the molecule is C[C@@]1(C(=O)NC(=S)NN)CC1(Br)Br. The van der Waals surface area contributed by atoms with Crippen LogP contribution in [0.1, 0.15) is 13.3 Å². The molecule has 1 rings (SSSR count). The topological polar surface area (TPSA) is 67.2 Å². The standard InChI is InChI=1S/C6H9Br2N3OS/c1-5(2-6(5,7)8)3(12)10-4(13)11-9/h2,9H2,1H3,(H2,10,11,12,13)/t5-/m0/s1. The lowest BCUT2D eigenvalue weighted by atomic mass is 10.1. The smallest absolute Gasteiger partial charge is 0.234 e. The molecule has 0 unspecified atom stereocenters. The highest BCUT2D eigenvalue weighted by atomic mass is 79.9. The van der Waals surface area contributed by atoms with Gasteiger partial charge in [0.15, 0.2) is 5.11 Å². The number of rotatable bonds is 1. The van der Waals surface area contributed by atoms with Crippen LogP contribution in [0.3, 0.4) is 0 Å². The minimum atomic E-state index is -0.464. The summed E-state index contributed by atoms with van der Waals surface area (Å²) < 4.78 is -0.304. The summed E-state index contributed by atoms with van der Waals surface area (Å²) in [5.41, 5.74) is 1.73. The van der Waals surface area contributed by atoms with E-state index in [2.05, 4.69) is 42.6 Å². The van der Waals surface area contributed by atoms with Gasteiger partial charge in [-0.2, -0.15) is 0 Å². The van der Waals surface area contributed by atoms with Crippen molar-refractivity contribution in [1.29, 1.82) is 0 Å². The van der Waals surface area contributed by atoms with Crippen LogP contribution in [0.15, 0.2) is 0 Å². The van der Waals surface area contributed by atoms with E-state index in [0.717, 1.165) is 6.42 Å². The molecular formula is C6H9Br2N3OS. The van der Waals surface area contributed by atoms with Gasteiger partial charge in [-0.05, 0) is 25.6 Å². The van der Waals surface area contributed by atoms with Crippen LogP contribution in [-0.4, -0.2) is 14.3 Å². The molecule has 1 fully saturated rings. The van der Waals surface area contributed by atoms with Crippen molar-refractivity contribution in [2.75, 3.05) is 0 Å². The number of halogens is 2. The molecule has 74 valence electrons.